The number of benzene rings is 1. The number of anilines is 1. The third-order valence-corrected chi connectivity index (χ3v) is 3.64. The van der Waals surface area contributed by atoms with Crippen LogP contribution in [0.5, 0.6) is 0 Å². The first-order valence-corrected chi connectivity index (χ1v) is 7.77. The van der Waals surface area contributed by atoms with Gasteiger partial charge in [0.1, 0.15) is 0 Å². The number of amides is 1. The normalized spacial score (nSPS) is 15.3. The van der Waals surface area contributed by atoms with Gasteiger partial charge in [-0.15, -0.1) is 0 Å². The number of rotatable bonds is 3. The first kappa shape index (κ1) is 17.1. The Balaban J connectivity index is 1.73. The molecule has 0 atom stereocenters. The zero-order chi connectivity index (χ0) is 16.9. The van der Waals surface area contributed by atoms with Crippen LogP contribution in [0.3, 0.4) is 0 Å². The molecule has 0 N–H and O–H groups in total. The molecule has 0 aromatic heterocycles. The maximum absolute atomic E-state index is 12.0. The van der Waals surface area contributed by atoms with E-state index in [1.807, 2.05) is 18.2 Å². The summed E-state index contributed by atoms with van der Waals surface area (Å²) in [4.78, 5) is 27.4. The van der Waals surface area contributed by atoms with E-state index in [2.05, 4.69) is 17.0 Å². The molecular formula is C17H24N2O4. The number of carbonyl (C=O) groups excluding carboxylic acids is 2. The monoisotopic (exact) mass is 320 g/mol. The van der Waals surface area contributed by atoms with E-state index < -0.39 is 11.5 Å². The molecule has 0 spiro atoms. The van der Waals surface area contributed by atoms with Crippen LogP contribution >= 0.6 is 0 Å². The first-order chi connectivity index (χ1) is 10.9. The Labute approximate surface area is 137 Å². The van der Waals surface area contributed by atoms with Gasteiger partial charge in [0.2, 0.25) is 6.79 Å². The van der Waals surface area contributed by atoms with Gasteiger partial charge in [-0.25, -0.2) is 4.79 Å². The van der Waals surface area contributed by atoms with Crippen LogP contribution in [-0.4, -0.2) is 49.9 Å². The summed E-state index contributed by atoms with van der Waals surface area (Å²) in [6.45, 7) is 7.58. The fourth-order valence-electron chi connectivity index (χ4n) is 2.23. The number of nitrogens with zero attached hydrogens (tertiary/aromatic N) is 2. The van der Waals surface area contributed by atoms with Gasteiger partial charge >= 0.3 is 12.1 Å². The van der Waals surface area contributed by atoms with Crippen LogP contribution in [0.25, 0.3) is 0 Å². The van der Waals surface area contributed by atoms with Gasteiger partial charge in [-0.2, -0.15) is 0 Å². The van der Waals surface area contributed by atoms with Crippen LogP contribution < -0.4 is 4.90 Å². The summed E-state index contributed by atoms with van der Waals surface area (Å²) in [5.74, 6) is -0.390. The largest absolute Gasteiger partial charge is 0.427 e. The smallest absolute Gasteiger partial charge is 0.412 e. The second-order valence-corrected chi connectivity index (χ2v) is 6.52. The first-order valence-electron chi connectivity index (χ1n) is 7.77. The minimum atomic E-state index is -0.603. The second-order valence-electron chi connectivity index (χ2n) is 6.52. The molecule has 1 saturated heterocycles. The van der Waals surface area contributed by atoms with Gasteiger partial charge in [-0.1, -0.05) is 18.2 Å². The van der Waals surface area contributed by atoms with Crippen LogP contribution in [0.2, 0.25) is 0 Å². The summed E-state index contributed by atoms with van der Waals surface area (Å²) < 4.78 is 9.95. The number of hydrogen-bond donors (Lipinski definition) is 0. The summed E-state index contributed by atoms with van der Waals surface area (Å²) >= 11 is 0. The van der Waals surface area contributed by atoms with Gasteiger partial charge in [0.15, 0.2) is 0 Å². The van der Waals surface area contributed by atoms with Crippen molar-refractivity contribution in [1.29, 1.82) is 0 Å². The molecule has 0 aliphatic carbocycles. The molecule has 2 rings (SSSR count). The Morgan fingerprint density at radius 2 is 1.61 bits per heavy atom. The summed E-state index contributed by atoms with van der Waals surface area (Å²) in [6.07, 6.45) is -0.445. The van der Waals surface area contributed by atoms with Crippen LogP contribution in [0, 0.1) is 5.41 Å². The van der Waals surface area contributed by atoms with Crippen molar-refractivity contribution in [3.8, 4) is 0 Å². The fraction of sp³-hybridized carbons (Fsp3) is 0.529. The van der Waals surface area contributed by atoms with Crippen LogP contribution in [0.1, 0.15) is 20.8 Å². The molecule has 0 radical (unpaired) electrons. The molecule has 6 nitrogen and oxygen atoms in total. The van der Waals surface area contributed by atoms with Crippen LogP contribution in [0.15, 0.2) is 30.3 Å². The summed E-state index contributed by atoms with van der Waals surface area (Å²) in [7, 11) is 0. The molecule has 1 aromatic rings. The Morgan fingerprint density at radius 3 is 2.17 bits per heavy atom. The van der Waals surface area contributed by atoms with Crippen molar-refractivity contribution < 1.29 is 19.1 Å². The summed E-state index contributed by atoms with van der Waals surface area (Å²) in [5, 5.41) is 0. The van der Waals surface area contributed by atoms with E-state index >= 15 is 0 Å². The minimum absolute atomic E-state index is 0.339. The number of piperazine rings is 1. The van der Waals surface area contributed by atoms with Crippen molar-refractivity contribution >= 4 is 17.7 Å². The van der Waals surface area contributed by atoms with Crippen molar-refractivity contribution in [2.75, 3.05) is 37.9 Å². The van der Waals surface area contributed by atoms with Gasteiger partial charge in [-0.05, 0) is 32.9 Å². The van der Waals surface area contributed by atoms with Crippen molar-refractivity contribution in [3.63, 3.8) is 0 Å². The molecule has 1 fully saturated rings. The van der Waals surface area contributed by atoms with Crippen LogP contribution in [0.4, 0.5) is 10.5 Å². The highest BCUT2D eigenvalue weighted by atomic mass is 16.7. The standard InChI is InChI=1S/C17H24N2O4/c1-17(2,3)15(20)22-13-23-16(21)19-11-9-18(10-12-19)14-7-5-4-6-8-14/h4-8H,9-13H2,1-3H3. The molecule has 0 unspecified atom stereocenters. The predicted molar refractivity (Wildman–Crippen MR) is 87.1 cm³/mol. The number of para-hydroxylation sites is 1. The van der Waals surface area contributed by atoms with Crippen molar-refractivity contribution in [2.45, 2.75) is 20.8 Å². The van der Waals surface area contributed by atoms with E-state index in [9.17, 15) is 9.59 Å². The number of ether oxygens (including phenoxy) is 2. The number of esters is 1. The minimum Gasteiger partial charge on any atom is -0.427 e. The highest BCUT2D eigenvalue weighted by Crippen LogP contribution is 2.17. The quantitative estimate of drug-likeness (QED) is 0.632. The molecule has 0 bridgehead atoms. The van der Waals surface area contributed by atoms with Gasteiger partial charge in [-0.3, -0.25) is 4.79 Å². The van der Waals surface area contributed by atoms with E-state index in [0.29, 0.717) is 13.1 Å². The topological polar surface area (TPSA) is 59.1 Å². The summed E-state index contributed by atoms with van der Waals surface area (Å²) in [5.41, 5.74) is 0.549. The lowest BCUT2D eigenvalue weighted by atomic mass is 9.98. The van der Waals surface area contributed by atoms with E-state index in [1.54, 1.807) is 25.7 Å². The predicted octanol–water partition coefficient (Wildman–Crippen LogP) is 2.49. The highest BCUT2D eigenvalue weighted by Gasteiger charge is 2.25. The third kappa shape index (κ3) is 4.87. The third-order valence-electron chi connectivity index (χ3n) is 3.64. The molecule has 6 heteroatoms. The maximum atomic E-state index is 12.0. The zero-order valence-corrected chi connectivity index (χ0v) is 13.9. The van der Waals surface area contributed by atoms with Crippen molar-refractivity contribution in [1.82, 2.24) is 4.90 Å². The molecule has 0 saturated carbocycles. The Hall–Kier alpha value is -2.24. The number of hydrogen-bond acceptors (Lipinski definition) is 5. The van der Waals surface area contributed by atoms with Gasteiger partial charge in [0.25, 0.3) is 0 Å². The zero-order valence-electron chi connectivity index (χ0n) is 13.9. The number of carbonyl (C=O) groups is 2. The lowest BCUT2D eigenvalue weighted by Gasteiger charge is -2.35. The van der Waals surface area contributed by atoms with E-state index in [-0.39, 0.29) is 12.8 Å². The Kier molecular flexibility index (Phi) is 5.47. The van der Waals surface area contributed by atoms with E-state index in [1.165, 1.54) is 0 Å². The van der Waals surface area contributed by atoms with Gasteiger partial charge in [0, 0.05) is 31.9 Å². The lowest BCUT2D eigenvalue weighted by Crippen LogP contribution is -2.49. The second kappa shape index (κ2) is 7.35. The van der Waals surface area contributed by atoms with Crippen LogP contribution in [-0.2, 0) is 14.3 Å². The molecular weight excluding hydrogens is 296 g/mol. The average molecular weight is 320 g/mol. The molecule has 1 heterocycles. The van der Waals surface area contributed by atoms with E-state index in [0.717, 1.165) is 18.8 Å². The molecule has 1 amide bonds. The Morgan fingerprint density at radius 1 is 1.00 bits per heavy atom. The highest BCUT2D eigenvalue weighted by molar-refractivity contribution is 5.75. The van der Waals surface area contributed by atoms with Crippen molar-refractivity contribution in [3.05, 3.63) is 30.3 Å². The molecule has 1 aromatic carbocycles. The van der Waals surface area contributed by atoms with Gasteiger partial charge in [0.05, 0.1) is 5.41 Å². The fourth-order valence-corrected chi connectivity index (χ4v) is 2.23. The molecule has 1 aliphatic heterocycles. The molecule has 1 aliphatic rings. The average Bonchev–Trinajstić information content (AvgIpc) is 2.54. The van der Waals surface area contributed by atoms with Gasteiger partial charge < -0.3 is 19.3 Å². The SMILES string of the molecule is CC(C)(C)C(=O)OCOC(=O)N1CCN(c2ccccc2)CC1. The lowest BCUT2D eigenvalue weighted by molar-refractivity contribution is -0.161. The van der Waals surface area contributed by atoms with E-state index in [4.69, 9.17) is 9.47 Å². The maximum Gasteiger partial charge on any atom is 0.412 e. The summed E-state index contributed by atoms with van der Waals surface area (Å²) in [6, 6.07) is 10.1. The molecule has 126 valence electrons. The van der Waals surface area contributed by atoms with Crippen molar-refractivity contribution in [2.24, 2.45) is 5.41 Å². The Bertz CT molecular complexity index is 531. The molecule has 23 heavy (non-hydrogen) atoms.